The lowest BCUT2D eigenvalue weighted by Crippen LogP contribution is -2.47. The van der Waals surface area contributed by atoms with E-state index in [0.717, 1.165) is 0 Å². The van der Waals surface area contributed by atoms with Gasteiger partial charge in [-0.05, 0) is 19.9 Å². The minimum absolute atomic E-state index is 0.112. The molecule has 0 bridgehead atoms. The van der Waals surface area contributed by atoms with Crippen LogP contribution in [-0.2, 0) is 9.47 Å². The van der Waals surface area contributed by atoms with Gasteiger partial charge in [-0.1, -0.05) is 18.2 Å². The van der Waals surface area contributed by atoms with Crippen molar-refractivity contribution in [3.63, 3.8) is 0 Å². The largest absolute Gasteiger partial charge is 0.383 e. The molecule has 0 saturated heterocycles. The van der Waals surface area contributed by atoms with Gasteiger partial charge in [0, 0.05) is 38.4 Å². The number of methoxy groups -OCH3 is 2. The first-order valence-corrected chi connectivity index (χ1v) is 7.26. The van der Waals surface area contributed by atoms with Crippen LogP contribution in [0.15, 0.2) is 24.3 Å². The third kappa shape index (κ3) is 5.04. The van der Waals surface area contributed by atoms with Crippen molar-refractivity contribution in [1.82, 2.24) is 4.90 Å². The van der Waals surface area contributed by atoms with Crippen molar-refractivity contribution in [2.75, 3.05) is 34.0 Å². The van der Waals surface area contributed by atoms with Crippen molar-refractivity contribution in [2.45, 2.75) is 32.0 Å². The molecule has 0 spiro atoms. The molecular weight excluding hydrogens is 271 g/mol. The van der Waals surface area contributed by atoms with Gasteiger partial charge >= 0.3 is 0 Å². The smallest absolute Gasteiger partial charge is 0.128 e. The third-order valence-corrected chi connectivity index (χ3v) is 3.61. The monoisotopic (exact) mass is 298 g/mol. The molecule has 0 aliphatic heterocycles. The molecule has 0 amide bonds. The van der Waals surface area contributed by atoms with Crippen LogP contribution in [0.4, 0.5) is 4.39 Å². The quantitative estimate of drug-likeness (QED) is 0.759. The molecule has 3 unspecified atom stereocenters. The van der Waals surface area contributed by atoms with Gasteiger partial charge in [0.1, 0.15) is 5.82 Å². The van der Waals surface area contributed by atoms with E-state index >= 15 is 0 Å². The maximum Gasteiger partial charge on any atom is 0.128 e. The highest BCUT2D eigenvalue weighted by Gasteiger charge is 2.29. The van der Waals surface area contributed by atoms with Gasteiger partial charge in [0.15, 0.2) is 0 Å². The van der Waals surface area contributed by atoms with Crippen LogP contribution in [0, 0.1) is 5.82 Å². The molecule has 3 atom stereocenters. The van der Waals surface area contributed by atoms with Crippen LogP contribution in [0.25, 0.3) is 0 Å². The summed E-state index contributed by atoms with van der Waals surface area (Å²) in [6.07, 6.45) is 0. The lowest BCUT2D eigenvalue weighted by molar-refractivity contribution is 0.0390. The summed E-state index contributed by atoms with van der Waals surface area (Å²) >= 11 is 0. The molecule has 1 aromatic carbocycles. The summed E-state index contributed by atoms with van der Waals surface area (Å²) in [5.74, 6) is -0.230. The van der Waals surface area contributed by atoms with E-state index in [1.165, 1.54) is 6.07 Å². The van der Waals surface area contributed by atoms with Crippen LogP contribution >= 0.6 is 0 Å². The molecule has 4 nitrogen and oxygen atoms in total. The Morgan fingerprint density at radius 3 is 2.38 bits per heavy atom. The van der Waals surface area contributed by atoms with Gasteiger partial charge in [0.05, 0.1) is 19.3 Å². The van der Waals surface area contributed by atoms with E-state index in [1.54, 1.807) is 26.4 Å². The van der Waals surface area contributed by atoms with Crippen molar-refractivity contribution in [1.29, 1.82) is 0 Å². The number of hydrogen-bond donors (Lipinski definition) is 1. The van der Waals surface area contributed by atoms with Gasteiger partial charge in [-0.25, -0.2) is 4.39 Å². The zero-order chi connectivity index (χ0) is 15.8. The van der Waals surface area contributed by atoms with Crippen LogP contribution in [0.5, 0.6) is 0 Å². The van der Waals surface area contributed by atoms with Gasteiger partial charge in [0.25, 0.3) is 0 Å². The molecule has 0 radical (unpaired) electrons. The van der Waals surface area contributed by atoms with E-state index in [2.05, 4.69) is 11.8 Å². The van der Waals surface area contributed by atoms with Gasteiger partial charge in [-0.3, -0.25) is 4.90 Å². The second-order valence-electron chi connectivity index (χ2n) is 5.36. The molecule has 120 valence electrons. The average Bonchev–Trinajstić information content (AvgIpc) is 2.44. The number of nitrogens with two attached hydrogens (primary N) is 1. The van der Waals surface area contributed by atoms with Crippen molar-refractivity contribution < 1.29 is 13.9 Å². The molecular formula is C16H27FN2O2. The topological polar surface area (TPSA) is 47.7 Å². The normalized spacial score (nSPS) is 16.0. The number of halogens is 1. The fourth-order valence-corrected chi connectivity index (χ4v) is 2.65. The van der Waals surface area contributed by atoms with E-state index in [4.69, 9.17) is 15.2 Å². The van der Waals surface area contributed by atoms with Crippen molar-refractivity contribution in [3.05, 3.63) is 35.6 Å². The van der Waals surface area contributed by atoms with Gasteiger partial charge in [-0.15, -0.1) is 0 Å². The summed E-state index contributed by atoms with van der Waals surface area (Å²) in [4.78, 5) is 2.15. The van der Waals surface area contributed by atoms with Crippen LogP contribution in [0.3, 0.4) is 0 Å². The number of rotatable bonds is 9. The second-order valence-corrected chi connectivity index (χ2v) is 5.36. The minimum Gasteiger partial charge on any atom is -0.383 e. The fourth-order valence-electron chi connectivity index (χ4n) is 2.65. The lowest BCUT2D eigenvalue weighted by atomic mass is 9.97. The highest BCUT2D eigenvalue weighted by atomic mass is 19.1. The Labute approximate surface area is 127 Å². The summed E-state index contributed by atoms with van der Waals surface area (Å²) in [5, 5.41) is 0. The third-order valence-electron chi connectivity index (χ3n) is 3.61. The summed E-state index contributed by atoms with van der Waals surface area (Å²) < 4.78 is 24.6. The number of hydrogen-bond acceptors (Lipinski definition) is 4. The highest BCUT2D eigenvalue weighted by Crippen LogP contribution is 2.27. The molecule has 0 heterocycles. The predicted molar refractivity (Wildman–Crippen MR) is 82.7 cm³/mol. The van der Waals surface area contributed by atoms with E-state index in [1.807, 2.05) is 13.0 Å². The Morgan fingerprint density at radius 2 is 1.86 bits per heavy atom. The molecule has 2 N–H and O–H groups in total. The SMILES string of the molecule is COCCN(C(C)COC)C(c1ccccc1F)C(C)N. The number of ether oxygens (including phenoxy) is 2. The Kier molecular flexibility index (Phi) is 7.82. The predicted octanol–water partition coefficient (Wildman–Crippen LogP) is 2.20. The van der Waals surface area contributed by atoms with Crippen LogP contribution in [0.2, 0.25) is 0 Å². The van der Waals surface area contributed by atoms with E-state index in [9.17, 15) is 4.39 Å². The van der Waals surface area contributed by atoms with Gasteiger partial charge in [0.2, 0.25) is 0 Å². The maximum absolute atomic E-state index is 14.2. The first-order chi connectivity index (χ1) is 10.0. The highest BCUT2D eigenvalue weighted by molar-refractivity contribution is 5.23. The first-order valence-electron chi connectivity index (χ1n) is 7.26. The lowest BCUT2D eigenvalue weighted by Gasteiger charge is -2.38. The van der Waals surface area contributed by atoms with Crippen molar-refractivity contribution in [3.8, 4) is 0 Å². The van der Waals surface area contributed by atoms with Gasteiger partial charge in [-0.2, -0.15) is 0 Å². The molecule has 0 aliphatic rings. The fraction of sp³-hybridized carbons (Fsp3) is 0.625. The zero-order valence-corrected chi connectivity index (χ0v) is 13.4. The minimum atomic E-state index is -0.230. The summed E-state index contributed by atoms with van der Waals surface area (Å²) in [6, 6.07) is 6.48. The molecule has 21 heavy (non-hydrogen) atoms. The van der Waals surface area contributed by atoms with Crippen LogP contribution in [-0.4, -0.2) is 51.0 Å². The van der Waals surface area contributed by atoms with Crippen LogP contribution < -0.4 is 5.73 Å². The average molecular weight is 298 g/mol. The van der Waals surface area contributed by atoms with Crippen molar-refractivity contribution >= 4 is 0 Å². The molecule has 0 aliphatic carbocycles. The van der Waals surface area contributed by atoms with Gasteiger partial charge < -0.3 is 15.2 Å². The Bertz CT molecular complexity index is 415. The summed E-state index contributed by atoms with van der Waals surface area (Å²) in [6.45, 7) is 5.74. The molecule has 0 fully saturated rings. The van der Waals surface area contributed by atoms with E-state index in [-0.39, 0.29) is 23.9 Å². The standard InChI is InChI=1S/C16H27FN2O2/c1-12(11-21-4)19(9-10-20-3)16(13(2)18)14-7-5-6-8-15(14)17/h5-8,12-13,16H,9-11,18H2,1-4H3. The molecule has 0 aromatic heterocycles. The van der Waals surface area contributed by atoms with Crippen LogP contribution in [0.1, 0.15) is 25.5 Å². The van der Waals surface area contributed by atoms with E-state index in [0.29, 0.717) is 25.3 Å². The maximum atomic E-state index is 14.2. The molecule has 0 saturated carbocycles. The molecule has 5 heteroatoms. The second kappa shape index (κ2) is 9.10. The summed E-state index contributed by atoms with van der Waals surface area (Å²) in [7, 11) is 3.32. The zero-order valence-electron chi connectivity index (χ0n) is 13.4. The molecule has 1 rings (SSSR count). The Morgan fingerprint density at radius 1 is 1.19 bits per heavy atom. The number of benzene rings is 1. The summed E-state index contributed by atoms with van der Waals surface area (Å²) in [5.41, 5.74) is 6.77. The molecule has 1 aromatic rings. The Balaban J connectivity index is 3.10. The Hall–Kier alpha value is -1.01. The number of nitrogens with zero attached hydrogens (tertiary/aromatic N) is 1. The van der Waals surface area contributed by atoms with Crippen molar-refractivity contribution in [2.24, 2.45) is 5.73 Å². The van der Waals surface area contributed by atoms with E-state index < -0.39 is 0 Å². The first kappa shape index (κ1) is 18.0.